The zero-order valence-corrected chi connectivity index (χ0v) is 15.7. The van der Waals surface area contributed by atoms with Crippen molar-refractivity contribution in [3.8, 4) is 21.4 Å². The molecule has 1 aromatic carbocycles. The maximum atomic E-state index is 12.3. The number of benzene rings is 1. The molecular formula is C18H15NO5S2. The van der Waals surface area contributed by atoms with Crippen LogP contribution in [-0.4, -0.2) is 37.6 Å². The van der Waals surface area contributed by atoms with Crippen molar-refractivity contribution in [2.45, 2.75) is 0 Å². The molecule has 0 N–H and O–H groups in total. The molecule has 0 aliphatic heterocycles. The minimum Gasteiger partial charge on any atom is -0.493 e. The summed E-state index contributed by atoms with van der Waals surface area (Å²) in [6.45, 7) is -0.375. The van der Waals surface area contributed by atoms with Crippen LogP contribution >= 0.6 is 22.7 Å². The van der Waals surface area contributed by atoms with Crippen LogP contribution in [0.5, 0.6) is 11.5 Å². The van der Waals surface area contributed by atoms with E-state index in [1.54, 1.807) is 34.9 Å². The molecule has 0 fully saturated rings. The lowest BCUT2D eigenvalue weighted by Crippen LogP contribution is -2.14. The number of carbonyl (C=O) groups is 2. The predicted molar refractivity (Wildman–Crippen MR) is 99.6 cm³/mol. The number of aromatic nitrogens is 1. The number of ether oxygens (including phenoxy) is 3. The highest BCUT2D eigenvalue weighted by Gasteiger charge is 2.17. The third kappa shape index (κ3) is 3.92. The van der Waals surface area contributed by atoms with Gasteiger partial charge in [-0.05, 0) is 29.6 Å². The SMILES string of the molecule is COc1ccc(C(=O)COC(=O)c2csc(-c3cccs3)n2)cc1OC. The average molecular weight is 389 g/mol. The summed E-state index contributed by atoms with van der Waals surface area (Å²) in [5.41, 5.74) is 0.562. The summed E-state index contributed by atoms with van der Waals surface area (Å²) in [5.74, 6) is -0.0136. The van der Waals surface area contributed by atoms with Gasteiger partial charge < -0.3 is 14.2 Å². The number of Topliss-reactive ketones (excluding diaryl/α,β-unsaturated/α-hetero) is 1. The van der Waals surface area contributed by atoms with Crippen LogP contribution in [-0.2, 0) is 4.74 Å². The molecule has 0 radical (unpaired) electrons. The molecule has 0 saturated heterocycles. The minimum absolute atomic E-state index is 0.193. The highest BCUT2D eigenvalue weighted by Crippen LogP contribution is 2.29. The van der Waals surface area contributed by atoms with Crippen LogP contribution in [0.2, 0.25) is 0 Å². The smallest absolute Gasteiger partial charge is 0.358 e. The van der Waals surface area contributed by atoms with Crippen LogP contribution in [0.15, 0.2) is 41.1 Å². The number of nitrogens with zero attached hydrogens (tertiary/aromatic N) is 1. The van der Waals surface area contributed by atoms with E-state index >= 15 is 0 Å². The van der Waals surface area contributed by atoms with Crippen LogP contribution in [0.1, 0.15) is 20.8 Å². The summed E-state index contributed by atoms with van der Waals surface area (Å²) in [4.78, 5) is 29.6. The first kappa shape index (κ1) is 18.1. The fourth-order valence-electron chi connectivity index (χ4n) is 2.18. The van der Waals surface area contributed by atoms with Crippen molar-refractivity contribution in [2.75, 3.05) is 20.8 Å². The van der Waals surface area contributed by atoms with Crippen molar-refractivity contribution < 1.29 is 23.8 Å². The Morgan fingerprint density at radius 2 is 1.88 bits per heavy atom. The van der Waals surface area contributed by atoms with Crippen LogP contribution in [0.3, 0.4) is 0 Å². The summed E-state index contributed by atoms with van der Waals surface area (Å²) in [5, 5.41) is 4.31. The van der Waals surface area contributed by atoms with Gasteiger partial charge in [0, 0.05) is 10.9 Å². The Balaban J connectivity index is 1.63. The van der Waals surface area contributed by atoms with E-state index < -0.39 is 5.97 Å². The summed E-state index contributed by atoms with van der Waals surface area (Å²) in [6.07, 6.45) is 0. The Morgan fingerprint density at radius 3 is 2.58 bits per heavy atom. The predicted octanol–water partition coefficient (Wildman–Crippen LogP) is 3.93. The first-order chi connectivity index (χ1) is 12.6. The maximum absolute atomic E-state index is 12.3. The number of esters is 1. The molecule has 0 unspecified atom stereocenters. The minimum atomic E-state index is -0.627. The molecule has 3 rings (SSSR count). The highest BCUT2D eigenvalue weighted by molar-refractivity contribution is 7.20. The number of thiophene rings is 1. The van der Waals surface area contributed by atoms with Gasteiger partial charge in [0.15, 0.2) is 29.6 Å². The lowest BCUT2D eigenvalue weighted by atomic mass is 10.1. The van der Waals surface area contributed by atoms with Gasteiger partial charge >= 0.3 is 5.97 Å². The maximum Gasteiger partial charge on any atom is 0.358 e. The monoisotopic (exact) mass is 389 g/mol. The average Bonchev–Trinajstić information content (AvgIpc) is 3.36. The van der Waals surface area contributed by atoms with Gasteiger partial charge in [-0.3, -0.25) is 4.79 Å². The van der Waals surface area contributed by atoms with E-state index in [2.05, 4.69) is 4.98 Å². The molecule has 0 amide bonds. The van der Waals surface area contributed by atoms with Gasteiger partial charge in [-0.2, -0.15) is 0 Å². The number of hydrogen-bond acceptors (Lipinski definition) is 8. The molecule has 0 bridgehead atoms. The van der Waals surface area contributed by atoms with Crippen molar-refractivity contribution >= 4 is 34.4 Å². The Morgan fingerprint density at radius 1 is 1.08 bits per heavy atom. The normalized spacial score (nSPS) is 10.4. The Bertz CT molecular complexity index is 918. The highest BCUT2D eigenvalue weighted by atomic mass is 32.1. The van der Waals surface area contributed by atoms with Gasteiger partial charge in [0.05, 0.1) is 19.1 Å². The first-order valence-electron chi connectivity index (χ1n) is 7.54. The lowest BCUT2D eigenvalue weighted by Gasteiger charge is -2.09. The van der Waals surface area contributed by atoms with E-state index in [-0.39, 0.29) is 18.1 Å². The van der Waals surface area contributed by atoms with E-state index in [9.17, 15) is 9.59 Å². The molecule has 6 nitrogen and oxygen atoms in total. The van der Waals surface area contributed by atoms with E-state index in [1.165, 1.54) is 25.6 Å². The molecule has 3 aromatic rings. The van der Waals surface area contributed by atoms with Crippen LogP contribution < -0.4 is 9.47 Å². The molecular weight excluding hydrogens is 374 g/mol. The molecule has 26 heavy (non-hydrogen) atoms. The molecule has 0 spiro atoms. The van der Waals surface area contributed by atoms with Crippen molar-refractivity contribution in [2.24, 2.45) is 0 Å². The number of hydrogen-bond donors (Lipinski definition) is 0. The number of ketones is 1. The van der Waals surface area contributed by atoms with Gasteiger partial charge in [0.25, 0.3) is 0 Å². The van der Waals surface area contributed by atoms with Crippen molar-refractivity contribution in [3.63, 3.8) is 0 Å². The largest absolute Gasteiger partial charge is 0.493 e. The Labute approximate surface area is 158 Å². The molecule has 2 heterocycles. The van der Waals surface area contributed by atoms with Gasteiger partial charge in [-0.1, -0.05) is 6.07 Å². The Hall–Kier alpha value is -2.71. The molecule has 0 atom stereocenters. The topological polar surface area (TPSA) is 74.7 Å². The standard InChI is InChI=1S/C18H15NO5S2/c1-22-14-6-5-11(8-15(14)23-2)13(20)9-24-18(21)12-10-26-17(19-12)16-4-3-7-25-16/h3-8,10H,9H2,1-2H3. The van der Waals surface area contributed by atoms with Crippen LogP contribution in [0.25, 0.3) is 9.88 Å². The zero-order chi connectivity index (χ0) is 18.5. The number of thiazole rings is 1. The van der Waals surface area contributed by atoms with E-state index in [0.717, 1.165) is 9.88 Å². The summed E-state index contributed by atoms with van der Waals surface area (Å²) in [6, 6.07) is 8.62. The molecule has 8 heteroatoms. The van der Waals surface area contributed by atoms with Crippen LogP contribution in [0.4, 0.5) is 0 Å². The van der Waals surface area contributed by atoms with Gasteiger partial charge in [0.1, 0.15) is 5.01 Å². The van der Waals surface area contributed by atoms with Crippen molar-refractivity contribution in [3.05, 3.63) is 52.3 Å². The molecule has 134 valence electrons. The van der Waals surface area contributed by atoms with Gasteiger partial charge in [0.2, 0.25) is 0 Å². The van der Waals surface area contributed by atoms with Crippen molar-refractivity contribution in [1.82, 2.24) is 4.98 Å². The van der Waals surface area contributed by atoms with E-state index in [4.69, 9.17) is 14.2 Å². The van der Waals surface area contributed by atoms with Crippen molar-refractivity contribution in [1.29, 1.82) is 0 Å². The molecule has 0 saturated carbocycles. The zero-order valence-electron chi connectivity index (χ0n) is 14.1. The van der Waals surface area contributed by atoms with E-state index in [1.807, 2.05) is 17.5 Å². The second-order valence-electron chi connectivity index (χ2n) is 5.08. The molecule has 0 aliphatic carbocycles. The van der Waals surface area contributed by atoms with Gasteiger partial charge in [-0.15, -0.1) is 22.7 Å². The quantitative estimate of drug-likeness (QED) is 0.450. The summed E-state index contributed by atoms with van der Waals surface area (Å²) >= 11 is 2.90. The van der Waals surface area contributed by atoms with Gasteiger partial charge in [-0.25, -0.2) is 9.78 Å². The van der Waals surface area contributed by atoms with E-state index in [0.29, 0.717) is 17.1 Å². The molecule has 2 aromatic heterocycles. The molecule has 0 aliphatic rings. The number of rotatable bonds is 7. The number of carbonyl (C=O) groups excluding carboxylic acids is 2. The Kier molecular flexibility index (Phi) is 5.65. The third-order valence-corrected chi connectivity index (χ3v) is 5.37. The number of methoxy groups -OCH3 is 2. The van der Waals surface area contributed by atoms with Crippen LogP contribution in [0, 0.1) is 0 Å². The second-order valence-corrected chi connectivity index (χ2v) is 6.89. The summed E-state index contributed by atoms with van der Waals surface area (Å²) < 4.78 is 15.4. The first-order valence-corrected chi connectivity index (χ1v) is 9.30. The lowest BCUT2D eigenvalue weighted by molar-refractivity contribution is 0.0470. The summed E-state index contributed by atoms with van der Waals surface area (Å²) in [7, 11) is 3.00. The fourth-order valence-corrected chi connectivity index (χ4v) is 3.78. The second kappa shape index (κ2) is 8.11. The fraction of sp³-hybridized carbons (Fsp3) is 0.167. The third-order valence-electron chi connectivity index (χ3n) is 3.49.